The van der Waals surface area contributed by atoms with Crippen molar-refractivity contribution >= 4 is 22.6 Å². The molecular formula is C25H27F2N7O. The van der Waals surface area contributed by atoms with Crippen LogP contribution in [0.3, 0.4) is 0 Å². The van der Waals surface area contributed by atoms with Crippen LogP contribution in [0.1, 0.15) is 35.2 Å². The number of imidazole rings is 1. The third-order valence-corrected chi connectivity index (χ3v) is 6.22. The first kappa shape index (κ1) is 23.1. The number of nitrogens with one attached hydrogen (secondary N) is 4. The third kappa shape index (κ3) is 5.23. The number of halogens is 2. The van der Waals surface area contributed by atoms with Crippen molar-refractivity contribution in [2.75, 3.05) is 31.5 Å². The van der Waals surface area contributed by atoms with Crippen LogP contribution in [0.15, 0.2) is 42.6 Å². The molecule has 8 nitrogen and oxygen atoms in total. The molecule has 5 rings (SSSR count). The summed E-state index contributed by atoms with van der Waals surface area (Å²) in [6, 6.07) is 9.26. The van der Waals surface area contributed by atoms with Crippen molar-refractivity contribution < 1.29 is 13.6 Å². The summed E-state index contributed by atoms with van der Waals surface area (Å²) in [5.41, 5.74) is 2.74. The van der Waals surface area contributed by atoms with E-state index >= 15 is 0 Å². The zero-order chi connectivity index (χ0) is 24.2. The van der Waals surface area contributed by atoms with Crippen molar-refractivity contribution in [3.8, 4) is 11.5 Å². The minimum atomic E-state index is -0.937. The Kier molecular flexibility index (Phi) is 6.82. The molecule has 4 aromatic rings. The Balaban J connectivity index is 1.24. The summed E-state index contributed by atoms with van der Waals surface area (Å²) in [6.07, 6.45) is 5.13. The fourth-order valence-corrected chi connectivity index (χ4v) is 4.41. The zero-order valence-corrected chi connectivity index (χ0v) is 19.2. The van der Waals surface area contributed by atoms with Crippen LogP contribution in [-0.2, 0) is 6.54 Å². The fraction of sp³-hybridized carbons (Fsp3) is 0.320. The summed E-state index contributed by atoms with van der Waals surface area (Å²) < 4.78 is 28.0. The van der Waals surface area contributed by atoms with Gasteiger partial charge in [-0.2, -0.15) is 5.10 Å². The number of fused-ring (bicyclic) bond motifs is 1. The first-order valence-electron chi connectivity index (χ1n) is 11.8. The molecule has 10 heteroatoms. The maximum Gasteiger partial charge on any atom is 0.261 e. The Morgan fingerprint density at radius 1 is 1.11 bits per heavy atom. The molecular weight excluding hydrogens is 452 g/mol. The van der Waals surface area contributed by atoms with E-state index in [4.69, 9.17) is 0 Å². The van der Waals surface area contributed by atoms with E-state index in [1.165, 1.54) is 38.2 Å². The van der Waals surface area contributed by atoms with Gasteiger partial charge in [-0.05, 0) is 75.3 Å². The highest BCUT2D eigenvalue weighted by molar-refractivity contribution is 6.06. The number of aromatic nitrogens is 4. The maximum absolute atomic E-state index is 14.0. The van der Waals surface area contributed by atoms with E-state index in [0.717, 1.165) is 54.8 Å². The van der Waals surface area contributed by atoms with Crippen LogP contribution in [0.4, 0.5) is 14.5 Å². The predicted octanol–water partition coefficient (Wildman–Crippen LogP) is 4.06. The molecule has 182 valence electrons. The maximum atomic E-state index is 14.0. The van der Waals surface area contributed by atoms with Crippen LogP contribution in [0.2, 0.25) is 0 Å². The first-order chi connectivity index (χ1) is 17.1. The molecule has 0 saturated carbocycles. The Morgan fingerprint density at radius 2 is 1.91 bits per heavy atom. The summed E-state index contributed by atoms with van der Waals surface area (Å²) in [5, 5.41) is 12.8. The lowest BCUT2D eigenvalue weighted by molar-refractivity contribution is 0.101. The summed E-state index contributed by atoms with van der Waals surface area (Å²) in [4.78, 5) is 22.8. The van der Waals surface area contributed by atoms with Crippen LogP contribution in [0.5, 0.6) is 0 Å². The topological polar surface area (TPSA) is 102 Å². The molecule has 2 aromatic heterocycles. The summed E-state index contributed by atoms with van der Waals surface area (Å²) in [6.45, 7) is 5.30. The molecule has 35 heavy (non-hydrogen) atoms. The first-order valence-corrected chi connectivity index (χ1v) is 11.8. The molecule has 1 saturated heterocycles. The molecule has 4 N–H and O–H groups in total. The number of aromatic amines is 2. The van der Waals surface area contributed by atoms with Crippen molar-refractivity contribution in [3.63, 3.8) is 0 Å². The van der Waals surface area contributed by atoms with Crippen molar-refractivity contribution in [1.82, 2.24) is 30.4 Å². The van der Waals surface area contributed by atoms with Gasteiger partial charge < -0.3 is 20.5 Å². The quantitative estimate of drug-likeness (QED) is 0.271. The normalized spacial score (nSPS) is 14.1. The third-order valence-electron chi connectivity index (χ3n) is 6.22. The number of hydrogen-bond acceptors (Lipinski definition) is 5. The Hall–Kier alpha value is -3.63. The van der Waals surface area contributed by atoms with Gasteiger partial charge in [0, 0.05) is 6.54 Å². The fourth-order valence-electron chi connectivity index (χ4n) is 4.41. The smallest absolute Gasteiger partial charge is 0.261 e. The van der Waals surface area contributed by atoms with Gasteiger partial charge in [0.25, 0.3) is 5.91 Å². The molecule has 3 heterocycles. The van der Waals surface area contributed by atoms with E-state index in [1.54, 1.807) is 0 Å². The molecule has 0 radical (unpaired) electrons. The van der Waals surface area contributed by atoms with Crippen LogP contribution in [0.25, 0.3) is 22.6 Å². The van der Waals surface area contributed by atoms with Gasteiger partial charge in [-0.3, -0.25) is 9.89 Å². The van der Waals surface area contributed by atoms with E-state index in [9.17, 15) is 13.6 Å². The van der Waals surface area contributed by atoms with E-state index in [-0.39, 0.29) is 5.69 Å². The van der Waals surface area contributed by atoms with Crippen LogP contribution in [0, 0.1) is 11.6 Å². The van der Waals surface area contributed by atoms with Gasteiger partial charge in [-0.25, -0.2) is 13.8 Å². The molecule has 0 atom stereocenters. The minimum Gasteiger partial charge on any atom is -0.337 e. The van der Waals surface area contributed by atoms with Gasteiger partial charge in [0.1, 0.15) is 22.9 Å². The Bertz CT molecular complexity index is 1310. The van der Waals surface area contributed by atoms with Gasteiger partial charge in [-0.15, -0.1) is 0 Å². The van der Waals surface area contributed by atoms with Crippen molar-refractivity contribution in [2.45, 2.75) is 25.8 Å². The average molecular weight is 480 g/mol. The second-order valence-electron chi connectivity index (χ2n) is 8.73. The second kappa shape index (κ2) is 10.3. The molecule has 2 aromatic carbocycles. The van der Waals surface area contributed by atoms with E-state index < -0.39 is 23.1 Å². The number of rotatable bonds is 9. The van der Waals surface area contributed by atoms with E-state index in [0.29, 0.717) is 11.5 Å². The highest BCUT2D eigenvalue weighted by Crippen LogP contribution is 2.27. The number of H-pyrrole nitrogens is 2. The number of carbonyl (C=O) groups excluding carboxylic acids is 1. The summed E-state index contributed by atoms with van der Waals surface area (Å²) >= 11 is 0. The number of likely N-dealkylation sites (tertiary alicyclic amines) is 1. The largest absolute Gasteiger partial charge is 0.337 e. The standard InChI is InChI=1S/C25H27F2N7O/c26-17-5-3-6-18(27)22(17)25(35)32-21-15-29-33-23(21)24-30-19-8-7-16(13-20(19)31-24)14-28-9-4-12-34-10-1-2-11-34/h3,5-8,13,15,28H,1-2,4,9-12,14H2,(H,29,33)(H,30,31)(H,32,35). The van der Waals surface area contributed by atoms with Gasteiger partial charge in [0.15, 0.2) is 5.82 Å². The molecule has 0 unspecified atom stereocenters. The number of carbonyl (C=O) groups is 1. The van der Waals surface area contributed by atoms with Gasteiger partial charge >= 0.3 is 0 Å². The van der Waals surface area contributed by atoms with Gasteiger partial charge in [-0.1, -0.05) is 12.1 Å². The van der Waals surface area contributed by atoms with Gasteiger partial charge in [0.2, 0.25) is 0 Å². The molecule has 1 aliphatic rings. The molecule has 0 spiro atoms. The lowest BCUT2D eigenvalue weighted by Gasteiger charge is -2.14. The molecule has 1 aliphatic heterocycles. The Labute approximate surface area is 201 Å². The summed E-state index contributed by atoms with van der Waals surface area (Å²) in [7, 11) is 0. The average Bonchev–Trinajstić information content (AvgIpc) is 3.59. The lowest BCUT2D eigenvalue weighted by Crippen LogP contribution is -2.24. The predicted molar refractivity (Wildman–Crippen MR) is 130 cm³/mol. The molecule has 1 amide bonds. The van der Waals surface area contributed by atoms with Crippen molar-refractivity contribution in [1.29, 1.82) is 0 Å². The number of amides is 1. The highest BCUT2D eigenvalue weighted by Gasteiger charge is 2.20. The highest BCUT2D eigenvalue weighted by atomic mass is 19.1. The zero-order valence-electron chi connectivity index (χ0n) is 19.2. The number of anilines is 1. The van der Waals surface area contributed by atoms with Crippen molar-refractivity contribution in [2.24, 2.45) is 0 Å². The van der Waals surface area contributed by atoms with E-state index in [1.807, 2.05) is 18.2 Å². The van der Waals surface area contributed by atoms with E-state index in [2.05, 4.69) is 35.7 Å². The number of nitrogens with zero attached hydrogens (tertiary/aromatic N) is 3. The number of hydrogen-bond donors (Lipinski definition) is 4. The van der Waals surface area contributed by atoms with Crippen LogP contribution in [-0.4, -0.2) is 57.2 Å². The monoisotopic (exact) mass is 479 g/mol. The van der Waals surface area contributed by atoms with Crippen molar-refractivity contribution in [3.05, 3.63) is 65.4 Å². The minimum absolute atomic E-state index is 0.261. The molecule has 1 fully saturated rings. The molecule has 0 aliphatic carbocycles. The number of benzene rings is 2. The SMILES string of the molecule is O=C(Nc1cn[nH]c1-c1nc2ccc(CNCCCN3CCCC3)cc2[nH]1)c1c(F)cccc1F. The van der Waals surface area contributed by atoms with Crippen LogP contribution < -0.4 is 10.6 Å². The van der Waals surface area contributed by atoms with Crippen LogP contribution >= 0.6 is 0 Å². The second-order valence-corrected chi connectivity index (χ2v) is 8.73. The van der Waals surface area contributed by atoms with Gasteiger partial charge in [0.05, 0.1) is 22.9 Å². The Morgan fingerprint density at radius 3 is 2.71 bits per heavy atom. The molecule has 0 bridgehead atoms. The lowest BCUT2D eigenvalue weighted by atomic mass is 10.2. The summed E-state index contributed by atoms with van der Waals surface area (Å²) in [5.74, 6) is -2.32.